The molecular weight excluding hydrogens is 416 g/mol. The highest BCUT2D eigenvalue weighted by molar-refractivity contribution is 5.46. The van der Waals surface area contributed by atoms with E-state index < -0.39 is 36.3 Å². The first-order valence-corrected chi connectivity index (χ1v) is 10.9. The van der Waals surface area contributed by atoms with Crippen molar-refractivity contribution in [1.82, 2.24) is 0 Å². The molecule has 0 aliphatic carbocycles. The molecule has 2 saturated heterocycles. The summed E-state index contributed by atoms with van der Waals surface area (Å²) in [6.07, 6.45) is -3.10. The maximum absolute atomic E-state index is 10.8. The van der Waals surface area contributed by atoms with Crippen LogP contribution < -0.4 is 9.47 Å². The lowest BCUT2D eigenvalue weighted by Gasteiger charge is -2.46. The number of aliphatic hydroxyl groups is 4. The molecule has 8 heteroatoms. The third-order valence-electron chi connectivity index (χ3n) is 6.72. The zero-order valence-electron chi connectivity index (χ0n) is 17.9. The molecule has 2 aromatic carbocycles. The monoisotopic (exact) mass is 444 g/mol. The van der Waals surface area contributed by atoms with Gasteiger partial charge >= 0.3 is 0 Å². The second-order valence-corrected chi connectivity index (χ2v) is 8.65. The lowest BCUT2D eigenvalue weighted by molar-refractivity contribution is -0.329. The van der Waals surface area contributed by atoms with Crippen molar-refractivity contribution in [1.29, 1.82) is 0 Å². The van der Waals surface area contributed by atoms with Crippen LogP contribution >= 0.6 is 0 Å². The van der Waals surface area contributed by atoms with E-state index in [0.717, 1.165) is 34.6 Å². The largest absolute Gasteiger partial charge is 0.486 e. The van der Waals surface area contributed by atoms with Gasteiger partial charge in [-0.15, -0.1) is 0 Å². The number of hydrogen-bond acceptors (Lipinski definition) is 8. The average molecular weight is 444 g/mol. The van der Waals surface area contributed by atoms with E-state index in [9.17, 15) is 20.4 Å². The molecule has 0 saturated carbocycles. The zero-order valence-corrected chi connectivity index (χ0v) is 17.9. The molecule has 3 aliphatic heterocycles. The summed E-state index contributed by atoms with van der Waals surface area (Å²) in [5.41, 5.74) is 2.21. The summed E-state index contributed by atoms with van der Waals surface area (Å²) < 4.78 is 23.2. The Hall–Kier alpha value is -2.20. The van der Waals surface area contributed by atoms with Crippen LogP contribution in [0.2, 0.25) is 0 Å². The minimum absolute atomic E-state index is 0.147. The molecule has 2 aromatic rings. The predicted molar refractivity (Wildman–Crippen MR) is 113 cm³/mol. The molecule has 32 heavy (non-hydrogen) atoms. The fourth-order valence-corrected chi connectivity index (χ4v) is 4.84. The summed E-state index contributed by atoms with van der Waals surface area (Å²) in [7, 11) is 0. The fraction of sp³-hybridized carbons (Fsp3) is 0.500. The number of aliphatic hydroxyl groups excluding tert-OH is 4. The molecule has 0 aromatic heterocycles. The van der Waals surface area contributed by atoms with Gasteiger partial charge in [-0.1, -0.05) is 25.1 Å². The lowest BCUT2D eigenvalue weighted by atomic mass is 9.83. The second-order valence-electron chi connectivity index (χ2n) is 8.65. The normalized spacial score (nSPS) is 33.3. The number of aryl methyl sites for hydroxylation is 1. The SMILES string of the molecule is CCc1ccc([C@]23OC[C@](CO)(O2)[C@@H](O)[C@H](O)[C@H]3O)cc1Cc1ccc2c(c1)OCCO2. The minimum atomic E-state index is -1.67. The van der Waals surface area contributed by atoms with Crippen molar-refractivity contribution in [3.05, 3.63) is 58.7 Å². The molecule has 4 N–H and O–H groups in total. The van der Waals surface area contributed by atoms with E-state index in [1.165, 1.54) is 0 Å². The fourth-order valence-electron chi connectivity index (χ4n) is 4.84. The average Bonchev–Trinajstić information content (AvgIpc) is 3.22. The maximum Gasteiger partial charge on any atom is 0.225 e. The highest BCUT2D eigenvalue weighted by Gasteiger charge is 2.67. The molecule has 2 bridgehead atoms. The summed E-state index contributed by atoms with van der Waals surface area (Å²) >= 11 is 0. The van der Waals surface area contributed by atoms with E-state index in [-0.39, 0.29) is 6.61 Å². The molecule has 2 fully saturated rings. The maximum atomic E-state index is 10.8. The number of fused-ring (bicyclic) bond motifs is 3. The number of benzene rings is 2. The Kier molecular flexibility index (Phi) is 5.40. The van der Waals surface area contributed by atoms with Gasteiger partial charge in [-0.25, -0.2) is 0 Å². The van der Waals surface area contributed by atoms with Crippen molar-refractivity contribution in [3.63, 3.8) is 0 Å². The third-order valence-corrected chi connectivity index (χ3v) is 6.72. The summed E-state index contributed by atoms with van der Waals surface area (Å²) in [4.78, 5) is 0. The van der Waals surface area contributed by atoms with Gasteiger partial charge in [0.25, 0.3) is 0 Å². The van der Waals surface area contributed by atoms with Gasteiger partial charge in [0.1, 0.15) is 37.1 Å². The highest BCUT2D eigenvalue weighted by Crippen LogP contribution is 2.49. The molecule has 0 spiro atoms. The standard InChI is InChI=1S/C24H28O8/c1-2-15-4-5-17(24-22(28)20(26)21(27)23(12-25,32-24)13-31-24)11-16(15)9-14-3-6-18-19(10-14)30-8-7-29-18/h3-6,10-11,20-22,25-28H,2,7-9,12-13H2,1H3/t20-,21-,22+,23-,24-/m0/s1. The van der Waals surface area contributed by atoms with Gasteiger partial charge in [-0.05, 0) is 47.7 Å². The molecule has 172 valence electrons. The first-order valence-electron chi connectivity index (χ1n) is 10.9. The van der Waals surface area contributed by atoms with Gasteiger partial charge in [0.05, 0.1) is 13.2 Å². The van der Waals surface area contributed by atoms with E-state index in [1.807, 2.05) is 30.3 Å². The number of ether oxygens (including phenoxy) is 4. The highest BCUT2D eigenvalue weighted by atomic mass is 16.8. The van der Waals surface area contributed by atoms with Gasteiger partial charge in [0.2, 0.25) is 5.79 Å². The Morgan fingerprint density at radius 3 is 2.47 bits per heavy atom. The minimum Gasteiger partial charge on any atom is -0.486 e. The molecule has 0 radical (unpaired) electrons. The molecule has 3 aliphatic rings. The van der Waals surface area contributed by atoms with Gasteiger partial charge in [0.15, 0.2) is 11.5 Å². The van der Waals surface area contributed by atoms with E-state index in [4.69, 9.17) is 18.9 Å². The van der Waals surface area contributed by atoms with Crippen LogP contribution in [0.4, 0.5) is 0 Å². The Labute approximate surface area is 185 Å². The Bertz CT molecular complexity index is 1010. The van der Waals surface area contributed by atoms with Crippen LogP contribution in [0.25, 0.3) is 0 Å². The van der Waals surface area contributed by atoms with Crippen molar-refractivity contribution < 1.29 is 39.4 Å². The van der Waals surface area contributed by atoms with Crippen molar-refractivity contribution in [2.75, 3.05) is 26.4 Å². The van der Waals surface area contributed by atoms with Crippen molar-refractivity contribution in [2.24, 2.45) is 0 Å². The third kappa shape index (κ3) is 3.22. The first kappa shape index (κ1) is 21.6. The van der Waals surface area contributed by atoms with Crippen molar-refractivity contribution in [3.8, 4) is 11.5 Å². The zero-order chi connectivity index (χ0) is 22.5. The predicted octanol–water partition coefficient (Wildman–Crippen LogP) is 0.638. The van der Waals surface area contributed by atoms with Crippen molar-refractivity contribution in [2.45, 2.75) is 49.5 Å². The van der Waals surface area contributed by atoms with Crippen LogP contribution in [-0.4, -0.2) is 70.8 Å². The van der Waals surface area contributed by atoms with Gasteiger partial charge < -0.3 is 39.4 Å². The van der Waals surface area contributed by atoms with Crippen LogP contribution in [-0.2, 0) is 28.1 Å². The molecule has 5 rings (SSSR count). The molecule has 0 unspecified atom stereocenters. The Morgan fingerprint density at radius 2 is 1.72 bits per heavy atom. The van der Waals surface area contributed by atoms with Crippen LogP contribution in [0, 0.1) is 0 Å². The quantitative estimate of drug-likeness (QED) is 0.531. The summed E-state index contributed by atoms with van der Waals surface area (Å²) in [5.74, 6) is -0.222. The van der Waals surface area contributed by atoms with Gasteiger partial charge in [-0.2, -0.15) is 0 Å². The summed E-state index contributed by atoms with van der Waals surface area (Å²) in [5, 5.41) is 41.5. The smallest absolute Gasteiger partial charge is 0.225 e. The summed E-state index contributed by atoms with van der Waals surface area (Å²) in [6, 6.07) is 11.5. The van der Waals surface area contributed by atoms with Crippen LogP contribution in [0.15, 0.2) is 36.4 Å². The Morgan fingerprint density at radius 1 is 0.938 bits per heavy atom. The molecule has 5 atom stereocenters. The van der Waals surface area contributed by atoms with Gasteiger partial charge in [-0.3, -0.25) is 0 Å². The van der Waals surface area contributed by atoms with Crippen LogP contribution in [0.1, 0.15) is 29.2 Å². The van der Waals surface area contributed by atoms with E-state index in [1.54, 1.807) is 6.07 Å². The second kappa shape index (κ2) is 7.98. The van der Waals surface area contributed by atoms with Crippen LogP contribution in [0.5, 0.6) is 11.5 Å². The van der Waals surface area contributed by atoms with E-state index in [2.05, 4.69) is 6.92 Å². The lowest BCUT2D eigenvalue weighted by Crippen LogP contribution is -2.65. The van der Waals surface area contributed by atoms with E-state index in [0.29, 0.717) is 25.2 Å². The number of rotatable bonds is 5. The van der Waals surface area contributed by atoms with Crippen molar-refractivity contribution >= 4 is 0 Å². The van der Waals surface area contributed by atoms with Gasteiger partial charge in [0, 0.05) is 5.56 Å². The summed E-state index contributed by atoms with van der Waals surface area (Å²) in [6.45, 7) is 2.43. The Balaban J connectivity index is 1.51. The van der Waals surface area contributed by atoms with E-state index >= 15 is 0 Å². The molecular formula is C24H28O8. The molecule has 8 nitrogen and oxygen atoms in total. The molecule has 0 amide bonds. The topological polar surface area (TPSA) is 118 Å². The molecule has 3 heterocycles. The first-order chi connectivity index (χ1) is 15.4. The number of hydrogen-bond donors (Lipinski definition) is 4. The van der Waals surface area contributed by atoms with Crippen LogP contribution in [0.3, 0.4) is 0 Å².